The Morgan fingerprint density at radius 3 is 2.73 bits per heavy atom. The smallest absolute Gasteiger partial charge is 0.220 e. The van der Waals surface area contributed by atoms with Crippen molar-refractivity contribution >= 4 is 11.8 Å². The van der Waals surface area contributed by atoms with Gasteiger partial charge in [0.1, 0.15) is 11.1 Å². The molecule has 1 aromatic carbocycles. The van der Waals surface area contributed by atoms with Crippen LogP contribution < -0.4 is 0 Å². The molecule has 0 amide bonds. The summed E-state index contributed by atoms with van der Waals surface area (Å²) in [5.74, 6) is 0. The summed E-state index contributed by atoms with van der Waals surface area (Å²) < 4.78 is 1.69. The second-order valence-corrected chi connectivity index (χ2v) is 5.75. The van der Waals surface area contributed by atoms with Gasteiger partial charge < -0.3 is 0 Å². The Kier molecular flexibility index (Phi) is 3.85. The lowest BCUT2D eigenvalue weighted by atomic mass is 10.1. The van der Waals surface area contributed by atoms with E-state index in [2.05, 4.69) is 26.6 Å². The molecular formula is C15H12N6S. The van der Waals surface area contributed by atoms with E-state index >= 15 is 0 Å². The number of nitrogens with zero attached hydrogens (tertiary/aromatic N) is 6. The maximum atomic E-state index is 8.80. The van der Waals surface area contributed by atoms with Gasteiger partial charge in [-0.2, -0.15) is 9.94 Å². The Hall–Kier alpha value is -2.72. The quantitative estimate of drug-likeness (QED) is 0.740. The third kappa shape index (κ3) is 2.82. The van der Waals surface area contributed by atoms with Crippen molar-refractivity contribution in [3.05, 3.63) is 53.2 Å². The molecule has 0 atom stereocenters. The van der Waals surface area contributed by atoms with Gasteiger partial charge >= 0.3 is 0 Å². The molecule has 108 valence electrons. The fraction of sp³-hybridized carbons (Fsp3) is 0.133. The maximum absolute atomic E-state index is 8.80. The highest BCUT2D eigenvalue weighted by Crippen LogP contribution is 2.26. The van der Waals surface area contributed by atoms with Gasteiger partial charge in [0.2, 0.25) is 5.16 Å². The van der Waals surface area contributed by atoms with Crippen LogP contribution in [0.5, 0.6) is 0 Å². The summed E-state index contributed by atoms with van der Waals surface area (Å²) in [5, 5.41) is 22.0. The normalized spacial score (nSPS) is 10.4. The van der Waals surface area contributed by atoms with Crippen molar-refractivity contribution in [1.82, 2.24) is 25.2 Å². The third-order valence-corrected chi connectivity index (χ3v) is 3.97. The van der Waals surface area contributed by atoms with Crippen LogP contribution in [-0.4, -0.2) is 25.2 Å². The number of hydrogen-bond donors (Lipinski definition) is 0. The molecule has 22 heavy (non-hydrogen) atoms. The van der Waals surface area contributed by atoms with E-state index in [1.54, 1.807) is 16.8 Å². The van der Waals surface area contributed by atoms with Crippen molar-refractivity contribution in [2.24, 2.45) is 0 Å². The lowest BCUT2D eigenvalue weighted by molar-refractivity contribution is 0.751. The molecule has 3 rings (SSSR count). The van der Waals surface area contributed by atoms with Gasteiger partial charge in [0.05, 0.1) is 11.3 Å². The molecule has 3 aromatic rings. The van der Waals surface area contributed by atoms with Crippen LogP contribution >= 0.6 is 11.8 Å². The molecule has 0 spiro atoms. The molecule has 0 saturated heterocycles. The van der Waals surface area contributed by atoms with E-state index in [0.717, 1.165) is 16.3 Å². The first-order valence-corrected chi connectivity index (χ1v) is 7.39. The van der Waals surface area contributed by atoms with Gasteiger partial charge in [-0.1, -0.05) is 17.7 Å². The van der Waals surface area contributed by atoms with Gasteiger partial charge in [0.25, 0.3) is 0 Å². The number of benzene rings is 1. The van der Waals surface area contributed by atoms with Crippen LogP contribution in [0.4, 0.5) is 0 Å². The number of tetrazole rings is 1. The molecule has 0 aliphatic heterocycles. The lowest BCUT2D eigenvalue weighted by Crippen LogP contribution is -2.01. The first kappa shape index (κ1) is 14.2. The summed E-state index contributed by atoms with van der Waals surface area (Å²) >= 11 is 1.35. The highest BCUT2D eigenvalue weighted by Gasteiger charge is 2.12. The van der Waals surface area contributed by atoms with Crippen molar-refractivity contribution < 1.29 is 0 Å². The van der Waals surface area contributed by atoms with Crippen LogP contribution in [0.25, 0.3) is 5.69 Å². The fourth-order valence-electron chi connectivity index (χ4n) is 2.04. The molecule has 0 unspecified atom stereocenters. The fourth-order valence-corrected chi connectivity index (χ4v) is 2.76. The molecule has 0 saturated carbocycles. The maximum Gasteiger partial charge on any atom is 0.220 e. The van der Waals surface area contributed by atoms with Crippen LogP contribution in [0.3, 0.4) is 0 Å². The molecular weight excluding hydrogens is 296 g/mol. The van der Waals surface area contributed by atoms with E-state index in [1.165, 1.54) is 23.5 Å². The predicted molar refractivity (Wildman–Crippen MR) is 81.7 cm³/mol. The molecule has 0 radical (unpaired) electrons. The summed E-state index contributed by atoms with van der Waals surface area (Å²) in [6.45, 7) is 4.07. The van der Waals surface area contributed by atoms with Crippen LogP contribution in [0.15, 0.2) is 46.7 Å². The van der Waals surface area contributed by atoms with Gasteiger partial charge in [-0.25, -0.2) is 4.98 Å². The summed E-state index contributed by atoms with van der Waals surface area (Å²) in [6.07, 6.45) is 1.54. The Bertz CT molecular complexity index is 847. The van der Waals surface area contributed by atoms with Crippen molar-refractivity contribution in [2.75, 3.05) is 0 Å². The van der Waals surface area contributed by atoms with E-state index < -0.39 is 0 Å². The minimum atomic E-state index is 0.526. The molecule has 6 nitrogen and oxygen atoms in total. The van der Waals surface area contributed by atoms with Gasteiger partial charge in [0.15, 0.2) is 0 Å². The molecule has 0 bridgehead atoms. The standard InChI is InChI=1S/C15H12N6S/c1-10-3-5-13(11(2)7-10)21-15(18-19-20-21)22-14-6-4-12(8-16)9-17-14/h3-7,9H,1-2H3. The molecule has 0 fully saturated rings. The summed E-state index contributed by atoms with van der Waals surface area (Å²) in [4.78, 5) is 4.23. The van der Waals surface area contributed by atoms with Crippen molar-refractivity contribution in [2.45, 2.75) is 24.0 Å². The SMILES string of the molecule is Cc1ccc(-n2nnnc2Sc2ccc(C#N)cn2)c(C)c1. The zero-order valence-electron chi connectivity index (χ0n) is 12.1. The van der Waals surface area contributed by atoms with Crippen LogP contribution in [-0.2, 0) is 0 Å². The second kappa shape index (κ2) is 5.95. The number of aromatic nitrogens is 5. The van der Waals surface area contributed by atoms with Crippen molar-refractivity contribution in [3.8, 4) is 11.8 Å². The second-order valence-electron chi connectivity index (χ2n) is 4.76. The molecule has 0 aliphatic rings. The largest absolute Gasteiger partial charge is 0.248 e. The first-order valence-electron chi connectivity index (χ1n) is 6.57. The van der Waals surface area contributed by atoms with Crippen LogP contribution in [0, 0.1) is 25.2 Å². The van der Waals surface area contributed by atoms with Crippen LogP contribution in [0.2, 0.25) is 0 Å². The highest BCUT2D eigenvalue weighted by atomic mass is 32.2. The number of nitriles is 1. The van der Waals surface area contributed by atoms with Crippen LogP contribution in [0.1, 0.15) is 16.7 Å². The minimum Gasteiger partial charge on any atom is -0.248 e. The average Bonchev–Trinajstić information content (AvgIpc) is 2.96. The molecule has 2 aromatic heterocycles. The van der Waals surface area contributed by atoms with Crippen molar-refractivity contribution in [3.63, 3.8) is 0 Å². The Morgan fingerprint density at radius 1 is 1.18 bits per heavy atom. The summed E-state index contributed by atoms with van der Waals surface area (Å²) in [6, 6.07) is 11.7. The van der Waals surface area contributed by atoms with Gasteiger partial charge in [-0.05, 0) is 59.8 Å². The average molecular weight is 308 g/mol. The minimum absolute atomic E-state index is 0.526. The highest BCUT2D eigenvalue weighted by molar-refractivity contribution is 7.99. The summed E-state index contributed by atoms with van der Waals surface area (Å²) in [7, 11) is 0. The molecule has 0 N–H and O–H groups in total. The Morgan fingerprint density at radius 2 is 2.05 bits per heavy atom. The number of aryl methyl sites for hydroxylation is 2. The van der Waals surface area contributed by atoms with E-state index in [9.17, 15) is 0 Å². The Labute approximate surface area is 131 Å². The lowest BCUT2D eigenvalue weighted by Gasteiger charge is -2.08. The topological polar surface area (TPSA) is 80.3 Å². The van der Waals surface area contributed by atoms with E-state index in [1.807, 2.05) is 32.0 Å². The zero-order valence-corrected chi connectivity index (χ0v) is 12.9. The first-order chi connectivity index (χ1) is 10.7. The van der Waals surface area contributed by atoms with Gasteiger partial charge in [-0.3, -0.25) is 0 Å². The van der Waals surface area contributed by atoms with E-state index in [-0.39, 0.29) is 0 Å². The van der Waals surface area contributed by atoms with Gasteiger partial charge in [-0.15, -0.1) is 5.10 Å². The van der Waals surface area contributed by atoms with E-state index in [4.69, 9.17) is 5.26 Å². The molecule has 0 aliphatic carbocycles. The zero-order chi connectivity index (χ0) is 15.5. The van der Waals surface area contributed by atoms with Crippen molar-refractivity contribution in [1.29, 1.82) is 5.26 Å². The third-order valence-electron chi connectivity index (χ3n) is 3.08. The summed E-state index contributed by atoms with van der Waals surface area (Å²) in [5.41, 5.74) is 3.75. The number of pyridine rings is 1. The predicted octanol–water partition coefficient (Wildman–Crippen LogP) is 2.70. The number of hydrogen-bond acceptors (Lipinski definition) is 6. The monoisotopic (exact) mass is 308 g/mol. The van der Waals surface area contributed by atoms with E-state index in [0.29, 0.717) is 10.7 Å². The Balaban J connectivity index is 1.93. The molecule has 2 heterocycles. The number of rotatable bonds is 3. The van der Waals surface area contributed by atoms with Gasteiger partial charge in [0, 0.05) is 6.20 Å². The molecule has 7 heteroatoms.